The fourth-order valence-corrected chi connectivity index (χ4v) is 4.13. The van der Waals surface area contributed by atoms with Crippen molar-refractivity contribution in [3.05, 3.63) is 12.3 Å². The van der Waals surface area contributed by atoms with Gasteiger partial charge in [0, 0.05) is 32.3 Å². The zero-order valence-corrected chi connectivity index (χ0v) is 12.7. The highest BCUT2D eigenvalue weighted by atomic mass is 32.2. The molecule has 0 bridgehead atoms. The summed E-state index contributed by atoms with van der Waals surface area (Å²) >= 11 is 0. The number of hydrogen-bond donors (Lipinski definition) is 0. The fraction of sp³-hybridized carbons (Fsp3) is 0.692. The number of aryl methyl sites for hydroxylation is 1. The molecule has 110 valence electrons. The molecule has 1 unspecified atom stereocenters. The Balaban J connectivity index is 2.06. The van der Waals surface area contributed by atoms with E-state index in [4.69, 9.17) is 5.26 Å². The maximum absolute atomic E-state index is 12.4. The summed E-state index contributed by atoms with van der Waals surface area (Å²) in [6.45, 7) is 2.95. The third kappa shape index (κ3) is 2.86. The van der Waals surface area contributed by atoms with Gasteiger partial charge in [-0.1, -0.05) is 6.92 Å². The highest BCUT2D eigenvalue weighted by Crippen LogP contribution is 2.29. The minimum atomic E-state index is -3.49. The average Bonchev–Trinajstić information content (AvgIpc) is 2.88. The lowest BCUT2D eigenvalue weighted by Gasteiger charge is -2.32. The van der Waals surface area contributed by atoms with E-state index in [0.717, 1.165) is 19.3 Å². The number of piperidine rings is 1. The zero-order chi connectivity index (χ0) is 14.8. The van der Waals surface area contributed by atoms with Gasteiger partial charge in [0.05, 0.1) is 6.07 Å². The summed E-state index contributed by atoms with van der Waals surface area (Å²) in [5, 5.41) is 13.2. The van der Waals surface area contributed by atoms with Gasteiger partial charge in [0.1, 0.15) is 0 Å². The fourth-order valence-electron chi connectivity index (χ4n) is 2.71. The lowest BCUT2D eigenvalue weighted by atomic mass is 9.84. The van der Waals surface area contributed by atoms with E-state index in [1.165, 1.54) is 15.1 Å². The Labute approximate surface area is 120 Å². The van der Waals surface area contributed by atoms with Crippen molar-refractivity contribution in [1.82, 2.24) is 14.1 Å². The molecule has 0 amide bonds. The topological polar surface area (TPSA) is 79.0 Å². The van der Waals surface area contributed by atoms with E-state index in [0.29, 0.717) is 19.0 Å². The molecule has 1 aromatic rings. The van der Waals surface area contributed by atoms with Crippen LogP contribution in [0.5, 0.6) is 0 Å². The largest absolute Gasteiger partial charge is 0.274 e. The quantitative estimate of drug-likeness (QED) is 0.840. The molecule has 1 atom stereocenters. The van der Waals surface area contributed by atoms with Crippen LogP contribution in [0, 0.1) is 23.2 Å². The maximum atomic E-state index is 12.4. The summed E-state index contributed by atoms with van der Waals surface area (Å²) in [5.41, 5.74) is 0. The minimum absolute atomic E-state index is 0.0368. The Kier molecular flexibility index (Phi) is 4.45. The zero-order valence-electron chi connectivity index (χ0n) is 11.9. The van der Waals surface area contributed by atoms with Crippen LogP contribution < -0.4 is 0 Å². The standard InChI is InChI=1S/C13H20N4O2S/c1-3-11(10-14)12-4-8-17(9-5-12)20(18,19)13-6-7-16(2)15-13/h6-7,11-12H,3-5,8-9H2,1-2H3. The molecule has 2 rings (SSSR count). The van der Waals surface area contributed by atoms with E-state index >= 15 is 0 Å². The predicted molar refractivity (Wildman–Crippen MR) is 74.1 cm³/mol. The number of nitrogens with zero attached hydrogens (tertiary/aromatic N) is 4. The van der Waals surface area contributed by atoms with E-state index in [-0.39, 0.29) is 10.9 Å². The molecule has 6 nitrogen and oxygen atoms in total. The number of nitriles is 1. The number of aromatic nitrogens is 2. The average molecular weight is 296 g/mol. The summed E-state index contributed by atoms with van der Waals surface area (Å²) in [5.74, 6) is 0.342. The van der Waals surface area contributed by atoms with Gasteiger partial charge in [-0.3, -0.25) is 4.68 Å². The van der Waals surface area contributed by atoms with Crippen molar-refractivity contribution in [2.75, 3.05) is 13.1 Å². The van der Waals surface area contributed by atoms with Crippen LogP contribution in [0.1, 0.15) is 26.2 Å². The van der Waals surface area contributed by atoms with Gasteiger partial charge in [0.15, 0.2) is 5.03 Å². The second-order valence-corrected chi connectivity index (χ2v) is 7.10. The molecule has 0 N–H and O–H groups in total. The predicted octanol–water partition coefficient (Wildman–Crippen LogP) is 1.37. The van der Waals surface area contributed by atoms with Crippen molar-refractivity contribution in [1.29, 1.82) is 5.26 Å². The first-order valence-corrected chi connectivity index (χ1v) is 8.32. The molecular formula is C13H20N4O2S. The highest BCUT2D eigenvalue weighted by molar-refractivity contribution is 7.89. The molecule has 0 spiro atoms. The summed E-state index contributed by atoms with van der Waals surface area (Å²) < 4.78 is 27.8. The monoisotopic (exact) mass is 296 g/mol. The Morgan fingerprint density at radius 1 is 1.50 bits per heavy atom. The van der Waals surface area contributed by atoms with Crippen molar-refractivity contribution in [2.24, 2.45) is 18.9 Å². The number of hydrogen-bond acceptors (Lipinski definition) is 4. The lowest BCUT2D eigenvalue weighted by molar-refractivity contribution is 0.231. The summed E-state index contributed by atoms with van der Waals surface area (Å²) in [4.78, 5) is 0. The van der Waals surface area contributed by atoms with Crippen molar-refractivity contribution < 1.29 is 8.42 Å². The molecule has 0 aromatic carbocycles. The molecule has 20 heavy (non-hydrogen) atoms. The Morgan fingerprint density at radius 3 is 2.60 bits per heavy atom. The molecule has 0 aliphatic carbocycles. The van der Waals surface area contributed by atoms with Crippen LogP contribution in [0.25, 0.3) is 0 Å². The second-order valence-electron chi connectivity index (χ2n) is 5.21. The van der Waals surface area contributed by atoms with Crippen LogP contribution >= 0.6 is 0 Å². The van der Waals surface area contributed by atoms with Gasteiger partial charge in [-0.05, 0) is 31.2 Å². The molecule has 1 aromatic heterocycles. The molecule has 1 fully saturated rings. The van der Waals surface area contributed by atoms with Gasteiger partial charge in [0.25, 0.3) is 10.0 Å². The van der Waals surface area contributed by atoms with E-state index in [9.17, 15) is 8.42 Å². The summed E-state index contributed by atoms with van der Waals surface area (Å²) in [6, 6.07) is 3.85. The van der Waals surface area contributed by atoms with Crippen LogP contribution in [0.2, 0.25) is 0 Å². The SMILES string of the molecule is CCC(C#N)C1CCN(S(=O)(=O)c2ccn(C)n2)CC1. The molecule has 0 saturated carbocycles. The lowest BCUT2D eigenvalue weighted by Crippen LogP contribution is -2.40. The van der Waals surface area contributed by atoms with Crippen molar-refractivity contribution in [3.8, 4) is 6.07 Å². The van der Waals surface area contributed by atoms with E-state index in [1.54, 1.807) is 13.2 Å². The number of rotatable bonds is 4. The van der Waals surface area contributed by atoms with Crippen LogP contribution in [-0.2, 0) is 17.1 Å². The van der Waals surface area contributed by atoms with Gasteiger partial charge in [-0.15, -0.1) is 0 Å². The van der Waals surface area contributed by atoms with Gasteiger partial charge >= 0.3 is 0 Å². The van der Waals surface area contributed by atoms with E-state index in [2.05, 4.69) is 11.2 Å². The second kappa shape index (κ2) is 5.94. The Bertz CT molecular complexity index is 594. The first-order chi connectivity index (χ1) is 9.48. The van der Waals surface area contributed by atoms with Crippen molar-refractivity contribution in [3.63, 3.8) is 0 Å². The molecule has 1 saturated heterocycles. The van der Waals surface area contributed by atoms with Crippen molar-refractivity contribution in [2.45, 2.75) is 31.2 Å². The Hall–Kier alpha value is -1.39. The molecule has 0 radical (unpaired) electrons. The van der Waals surface area contributed by atoms with E-state index in [1.807, 2.05) is 6.92 Å². The molecule has 1 aliphatic heterocycles. The van der Waals surface area contributed by atoms with Gasteiger partial charge in [0.2, 0.25) is 0 Å². The normalized spacial score (nSPS) is 19.6. The smallest absolute Gasteiger partial charge is 0.262 e. The molecule has 7 heteroatoms. The third-order valence-corrected chi connectivity index (χ3v) is 5.76. The molecule has 1 aliphatic rings. The maximum Gasteiger partial charge on any atom is 0.262 e. The number of sulfonamides is 1. The first-order valence-electron chi connectivity index (χ1n) is 6.88. The Morgan fingerprint density at radius 2 is 2.15 bits per heavy atom. The highest BCUT2D eigenvalue weighted by Gasteiger charge is 2.33. The first kappa shape index (κ1) is 15.0. The van der Waals surface area contributed by atoms with Gasteiger partial charge in [-0.25, -0.2) is 8.42 Å². The minimum Gasteiger partial charge on any atom is -0.274 e. The van der Waals surface area contributed by atoms with Crippen LogP contribution in [0.15, 0.2) is 17.3 Å². The van der Waals surface area contributed by atoms with Crippen LogP contribution in [-0.4, -0.2) is 35.6 Å². The van der Waals surface area contributed by atoms with E-state index < -0.39 is 10.0 Å². The molecular weight excluding hydrogens is 276 g/mol. The summed E-state index contributed by atoms with van der Waals surface area (Å²) in [7, 11) is -1.79. The van der Waals surface area contributed by atoms with Crippen molar-refractivity contribution >= 4 is 10.0 Å². The third-order valence-electron chi connectivity index (χ3n) is 3.97. The molecule has 2 heterocycles. The van der Waals surface area contributed by atoms with Gasteiger partial charge < -0.3 is 0 Å². The van der Waals surface area contributed by atoms with Crippen LogP contribution in [0.4, 0.5) is 0 Å². The van der Waals surface area contributed by atoms with Crippen LogP contribution in [0.3, 0.4) is 0 Å². The summed E-state index contributed by atoms with van der Waals surface area (Å²) in [6.07, 6.45) is 3.95. The van der Waals surface area contributed by atoms with Gasteiger partial charge in [-0.2, -0.15) is 14.7 Å².